The molecule has 2 N–H and O–H groups in total. The monoisotopic (exact) mass is 238 g/mol. The van der Waals surface area contributed by atoms with E-state index in [1.807, 2.05) is 20.8 Å². The van der Waals surface area contributed by atoms with Crippen LogP contribution in [0, 0.1) is 5.82 Å². The van der Waals surface area contributed by atoms with Crippen LogP contribution in [-0.4, -0.2) is 29.4 Å². The van der Waals surface area contributed by atoms with Gasteiger partial charge in [-0.25, -0.2) is 4.39 Å². The molecule has 4 heteroatoms. The molecule has 0 aromatic heterocycles. The van der Waals surface area contributed by atoms with Crippen molar-refractivity contribution in [1.29, 1.82) is 0 Å². The molecule has 1 aromatic carbocycles. The Morgan fingerprint density at radius 2 is 1.82 bits per heavy atom. The van der Waals surface area contributed by atoms with Gasteiger partial charge in [-0.05, 0) is 45.0 Å². The Hall–Kier alpha value is -1.42. The molecule has 0 bridgehead atoms. The summed E-state index contributed by atoms with van der Waals surface area (Å²) >= 11 is 0. The molecule has 17 heavy (non-hydrogen) atoms. The molecule has 0 radical (unpaired) electrons. The molecule has 0 atom stereocenters. The Morgan fingerprint density at radius 3 is 2.24 bits per heavy atom. The predicted octanol–water partition coefficient (Wildman–Crippen LogP) is 2.03. The number of rotatable bonds is 3. The second kappa shape index (κ2) is 5.27. The summed E-state index contributed by atoms with van der Waals surface area (Å²) in [5.41, 5.74) is 5.69. The molecule has 0 heterocycles. The largest absolute Gasteiger partial charge is 0.333 e. The number of halogens is 1. The second-order valence-corrected chi connectivity index (χ2v) is 4.92. The van der Waals surface area contributed by atoms with Gasteiger partial charge < -0.3 is 10.6 Å². The van der Waals surface area contributed by atoms with E-state index in [4.69, 9.17) is 5.73 Å². The number of amides is 1. The molecule has 1 amide bonds. The van der Waals surface area contributed by atoms with Crippen molar-refractivity contribution >= 4 is 5.91 Å². The van der Waals surface area contributed by atoms with Gasteiger partial charge in [-0.1, -0.05) is 0 Å². The van der Waals surface area contributed by atoms with E-state index < -0.39 is 0 Å². The molecule has 0 unspecified atom stereocenters. The number of hydrogen-bond donors (Lipinski definition) is 1. The van der Waals surface area contributed by atoms with E-state index in [-0.39, 0.29) is 17.3 Å². The van der Waals surface area contributed by atoms with Gasteiger partial charge in [0.2, 0.25) is 0 Å². The molecule has 0 saturated heterocycles. The highest BCUT2D eigenvalue weighted by Gasteiger charge is 2.26. The Kier molecular flexibility index (Phi) is 4.23. The van der Waals surface area contributed by atoms with Gasteiger partial charge in [0.1, 0.15) is 5.82 Å². The van der Waals surface area contributed by atoms with Gasteiger partial charge in [-0.3, -0.25) is 4.79 Å². The first kappa shape index (κ1) is 13.6. The van der Waals surface area contributed by atoms with Crippen molar-refractivity contribution in [1.82, 2.24) is 4.90 Å². The zero-order valence-electron chi connectivity index (χ0n) is 10.5. The van der Waals surface area contributed by atoms with Gasteiger partial charge in [0.15, 0.2) is 0 Å². The molecular weight excluding hydrogens is 219 g/mol. The molecule has 0 aliphatic heterocycles. The van der Waals surface area contributed by atoms with Gasteiger partial charge >= 0.3 is 0 Å². The fraction of sp³-hybridized carbons (Fsp3) is 0.462. The zero-order valence-corrected chi connectivity index (χ0v) is 10.5. The first-order chi connectivity index (χ1) is 7.86. The van der Waals surface area contributed by atoms with E-state index in [0.717, 1.165) is 0 Å². The highest BCUT2D eigenvalue weighted by Crippen LogP contribution is 2.17. The molecular formula is C13H19FN2O. The number of carbonyl (C=O) groups is 1. The quantitative estimate of drug-likeness (QED) is 0.875. The van der Waals surface area contributed by atoms with Gasteiger partial charge in [0, 0.05) is 24.2 Å². The highest BCUT2D eigenvalue weighted by atomic mass is 19.1. The van der Waals surface area contributed by atoms with E-state index in [0.29, 0.717) is 18.7 Å². The van der Waals surface area contributed by atoms with Crippen molar-refractivity contribution in [2.75, 3.05) is 13.1 Å². The van der Waals surface area contributed by atoms with E-state index in [1.54, 1.807) is 4.90 Å². The van der Waals surface area contributed by atoms with Crippen molar-refractivity contribution in [2.45, 2.75) is 26.3 Å². The van der Waals surface area contributed by atoms with Crippen molar-refractivity contribution in [3.05, 3.63) is 35.6 Å². The smallest absolute Gasteiger partial charge is 0.254 e. The van der Waals surface area contributed by atoms with Crippen molar-refractivity contribution in [3.63, 3.8) is 0 Å². The van der Waals surface area contributed by atoms with Crippen LogP contribution in [0.2, 0.25) is 0 Å². The molecule has 1 rings (SSSR count). The topological polar surface area (TPSA) is 46.3 Å². The van der Waals surface area contributed by atoms with Crippen molar-refractivity contribution in [2.24, 2.45) is 5.73 Å². The SMILES string of the molecule is CC(C)(C)N(CCN)C(=O)c1ccc(F)cc1. The Morgan fingerprint density at radius 1 is 1.29 bits per heavy atom. The van der Waals surface area contributed by atoms with Crippen LogP contribution in [0.15, 0.2) is 24.3 Å². The van der Waals surface area contributed by atoms with Crippen LogP contribution in [0.5, 0.6) is 0 Å². The summed E-state index contributed by atoms with van der Waals surface area (Å²) in [5.74, 6) is -0.467. The number of nitrogens with zero attached hydrogens (tertiary/aromatic N) is 1. The molecule has 3 nitrogen and oxygen atoms in total. The average Bonchev–Trinajstić information content (AvgIpc) is 2.24. The summed E-state index contributed by atoms with van der Waals surface area (Å²) in [6.07, 6.45) is 0. The van der Waals surface area contributed by atoms with Crippen molar-refractivity contribution < 1.29 is 9.18 Å². The standard InChI is InChI=1S/C13H19FN2O/c1-13(2,3)16(9-8-15)12(17)10-4-6-11(14)7-5-10/h4-7H,8-9,15H2,1-3H3. The Balaban J connectivity index is 2.96. The fourth-order valence-corrected chi connectivity index (χ4v) is 1.62. The Bertz CT molecular complexity index is 381. The maximum Gasteiger partial charge on any atom is 0.254 e. The van der Waals surface area contributed by atoms with E-state index >= 15 is 0 Å². The van der Waals surface area contributed by atoms with Crippen LogP contribution in [0.4, 0.5) is 4.39 Å². The lowest BCUT2D eigenvalue weighted by Gasteiger charge is -2.35. The van der Waals surface area contributed by atoms with Crippen LogP contribution in [0.3, 0.4) is 0 Å². The molecule has 0 aliphatic rings. The minimum Gasteiger partial charge on any atom is -0.333 e. The van der Waals surface area contributed by atoms with Gasteiger partial charge in [-0.2, -0.15) is 0 Å². The minimum atomic E-state index is -0.345. The third-order valence-electron chi connectivity index (χ3n) is 2.50. The third kappa shape index (κ3) is 3.53. The number of carbonyl (C=O) groups excluding carboxylic acids is 1. The first-order valence-electron chi connectivity index (χ1n) is 5.64. The minimum absolute atomic E-state index is 0.122. The lowest BCUT2D eigenvalue weighted by molar-refractivity contribution is 0.0591. The van der Waals surface area contributed by atoms with Crippen LogP contribution in [0.1, 0.15) is 31.1 Å². The summed E-state index contributed by atoms with van der Waals surface area (Å²) < 4.78 is 12.8. The molecule has 0 aliphatic carbocycles. The number of hydrogen-bond acceptors (Lipinski definition) is 2. The number of benzene rings is 1. The lowest BCUT2D eigenvalue weighted by atomic mass is 10.0. The Labute approximate surface area is 101 Å². The van der Waals surface area contributed by atoms with Crippen molar-refractivity contribution in [3.8, 4) is 0 Å². The van der Waals surface area contributed by atoms with E-state index in [2.05, 4.69) is 0 Å². The average molecular weight is 238 g/mol. The maximum absolute atomic E-state index is 12.8. The molecule has 1 aromatic rings. The van der Waals surface area contributed by atoms with Crippen LogP contribution in [-0.2, 0) is 0 Å². The highest BCUT2D eigenvalue weighted by molar-refractivity contribution is 5.94. The van der Waals surface area contributed by atoms with Crippen LogP contribution < -0.4 is 5.73 Å². The summed E-state index contributed by atoms with van der Waals surface area (Å²) in [6.45, 7) is 6.74. The first-order valence-corrected chi connectivity index (χ1v) is 5.64. The number of nitrogens with two attached hydrogens (primary N) is 1. The summed E-state index contributed by atoms with van der Waals surface area (Å²) in [5, 5.41) is 0. The molecule has 94 valence electrons. The van der Waals surface area contributed by atoms with Gasteiger partial charge in [0.25, 0.3) is 5.91 Å². The summed E-state index contributed by atoms with van der Waals surface area (Å²) in [4.78, 5) is 13.9. The van der Waals surface area contributed by atoms with Crippen LogP contribution in [0.25, 0.3) is 0 Å². The molecule has 0 spiro atoms. The molecule has 0 saturated carbocycles. The third-order valence-corrected chi connectivity index (χ3v) is 2.50. The van der Waals surface area contributed by atoms with E-state index in [1.165, 1.54) is 24.3 Å². The maximum atomic E-state index is 12.8. The fourth-order valence-electron chi connectivity index (χ4n) is 1.62. The van der Waals surface area contributed by atoms with E-state index in [9.17, 15) is 9.18 Å². The normalized spacial score (nSPS) is 11.4. The van der Waals surface area contributed by atoms with Gasteiger partial charge in [-0.15, -0.1) is 0 Å². The second-order valence-electron chi connectivity index (χ2n) is 4.92. The molecule has 0 fully saturated rings. The van der Waals surface area contributed by atoms with Gasteiger partial charge in [0.05, 0.1) is 0 Å². The lowest BCUT2D eigenvalue weighted by Crippen LogP contribution is -2.47. The zero-order chi connectivity index (χ0) is 13.1. The van der Waals surface area contributed by atoms with Crippen LogP contribution >= 0.6 is 0 Å². The summed E-state index contributed by atoms with van der Waals surface area (Å²) in [6, 6.07) is 5.56. The summed E-state index contributed by atoms with van der Waals surface area (Å²) in [7, 11) is 0. The predicted molar refractivity (Wildman–Crippen MR) is 66.2 cm³/mol.